The second-order valence-corrected chi connectivity index (χ2v) is 4.10. The fourth-order valence-corrected chi connectivity index (χ4v) is 1.73. The Morgan fingerprint density at radius 3 is 2.67 bits per heavy atom. The number of aryl methyl sites for hydroxylation is 1. The van der Waals surface area contributed by atoms with E-state index in [1.165, 1.54) is 13.2 Å². The molecule has 1 aromatic heterocycles. The summed E-state index contributed by atoms with van der Waals surface area (Å²) in [4.78, 5) is 25.0. The number of carbonyl (C=O) groups excluding carboxylic acids is 1. The SMILES string of the molecule is CCN(CC)C(=O)CNc1cnn(C)c(=O)c1Cl. The molecule has 0 spiro atoms. The zero-order valence-electron chi connectivity index (χ0n) is 10.7. The van der Waals surface area contributed by atoms with Crippen LogP contribution in [0.25, 0.3) is 0 Å². The molecule has 0 aliphatic rings. The van der Waals surface area contributed by atoms with Crippen LogP contribution >= 0.6 is 11.6 Å². The van der Waals surface area contributed by atoms with Crippen LogP contribution in [0.3, 0.4) is 0 Å². The van der Waals surface area contributed by atoms with E-state index in [2.05, 4.69) is 10.4 Å². The highest BCUT2D eigenvalue weighted by atomic mass is 35.5. The molecule has 0 aromatic carbocycles. The van der Waals surface area contributed by atoms with Crippen molar-refractivity contribution in [1.82, 2.24) is 14.7 Å². The van der Waals surface area contributed by atoms with Crippen molar-refractivity contribution < 1.29 is 4.79 Å². The molecule has 1 rings (SSSR count). The molecule has 1 amide bonds. The third-order valence-corrected chi connectivity index (χ3v) is 2.99. The molecule has 1 heterocycles. The number of carbonyl (C=O) groups is 1. The zero-order valence-corrected chi connectivity index (χ0v) is 11.5. The van der Waals surface area contributed by atoms with Crippen molar-refractivity contribution in [3.05, 3.63) is 21.6 Å². The predicted octanol–water partition coefficient (Wildman–Crippen LogP) is 0.714. The van der Waals surface area contributed by atoms with Crippen LogP contribution in [0.4, 0.5) is 5.69 Å². The highest BCUT2D eigenvalue weighted by Crippen LogP contribution is 2.14. The summed E-state index contributed by atoms with van der Waals surface area (Å²) in [7, 11) is 1.51. The first-order valence-electron chi connectivity index (χ1n) is 5.74. The molecule has 0 aliphatic carbocycles. The fourth-order valence-electron chi connectivity index (χ4n) is 1.49. The van der Waals surface area contributed by atoms with E-state index in [9.17, 15) is 9.59 Å². The largest absolute Gasteiger partial charge is 0.373 e. The third-order valence-electron chi connectivity index (χ3n) is 2.62. The van der Waals surface area contributed by atoms with Crippen LogP contribution in [0.15, 0.2) is 11.0 Å². The Labute approximate surface area is 111 Å². The van der Waals surface area contributed by atoms with E-state index in [1.807, 2.05) is 13.8 Å². The van der Waals surface area contributed by atoms with Crippen molar-refractivity contribution >= 4 is 23.2 Å². The Bertz CT molecular complexity index is 482. The van der Waals surface area contributed by atoms with Crippen molar-refractivity contribution in [1.29, 1.82) is 0 Å². The second-order valence-electron chi connectivity index (χ2n) is 3.72. The van der Waals surface area contributed by atoms with Gasteiger partial charge < -0.3 is 10.2 Å². The molecule has 0 aliphatic heterocycles. The van der Waals surface area contributed by atoms with Crippen molar-refractivity contribution in [2.45, 2.75) is 13.8 Å². The van der Waals surface area contributed by atoms with Crippen molar-refractivity contribution in [2.75, 3.05) is 25.0 Å². The molecular formula is C11H17ClN4O2. The van der Waals surface area contributed by atoms with E-state index < -0.39 is 5.56 Å². The first kappa shape index (κ1) is 14.5. The number of hydrogen-bond donors (Lipinski definition) is 1. The average molecular weight is 273 g/mol. The summed E-state index contributed by atoms with van der Waals surface area (Å²) in [6.45, 7) is 5.22. The van der Waals surface area contributed by atoms with Gasteiger partial charge in [0, 0.05) is 20.1 Å². The van der Waals surface area contributed by atoms with Gasteiger partial charge in [0.1, 0.15) is 5.02 Å². The summed E-state index contributed by atoms with van der Waals surface area (Å²) < 4.78 is 1.14. The minimum atomic E-state index is -0.392. The van der Waals surface area contributed by atoms with Crippen LogP contribution in [0, 0.1) is 0 Å². The highest BCUT2D eigenvalue weighted by molar-refractivity contribution is 6.33. The molecule has 6 nitrogen and oxygen atoms in total. The standard InChI is InChI=1S/C11H17ClN4O2/c1-4-16(5-2)9(17)7-13-8-6-14-15(3)11(18)10(8)12/h6,13H,4-5,7H2,1-3H3. The van der Waals surface area contributed by atoms with E-state index in [0.29, 0.717) is 18.8 Å². The van der Waals surface area contributed by atoms with Gasteiger partial charge in [-0.05, 0) is 13.8 Å². The third kappa shape index (κ3) is 3.22. The maximum atomic E-state index is 11.8. The molecule has 0 unspecified atom stereocenters. The summed E-state index contributed by atoms with van der Waals surface area (Å²) in [5.41, 5.74) is -0.0165. The molecule has 0 radical (unpaired) electrons. The van der Waals surface area contributed by atoms with Gasteiger partial charge >= 0.3 is 0 Å². The van der Waals surface area contributed by atoms with Gasteiger partial charge in [0.15, 0.2) is 0 Å². The van der Waals surface area contributed by atoms with Crippen LogP contribution in [0.1, 0.15) is 13.8 Å². The minimum Gasteiger partial charge on any atom is -0.373 e. The molecule has 0 saturated heterocycles. The summed E-state index contributed by atoms with van der Waals surface area (Å²) in [6.07, 6.45) is 1.43. The van der Waals surface area contributed by atoms with Crippen LogP contribution in [-0.4, -0.2) is 40.2 Å². The van der Waals surface area contributed by atoms with Crippen LogP contribution in [0.2, 0.25) is 5.02 Å². The molecule has 7 heteroatoms. The smallest absolute Gasteiger partial charge is 0.287 e. The number of hydrogen-bond acceptors (Lipinski definition) is 4. The van der Waals surface area contributed by atoms with Gasteiger partial charge in [0.25, 0.3) is 5.56 Å². The number of anilines is 1. The number of aromatic nitrogens is 2. The van der Waals surface area contributed by atoms with E-state index in [0.717, 1.165) is 4.68 Å². The number of likely N-dealkylation sites (N-methyl/N-ethyl adjacent to an activating group) is 1. The lowest BCUT2D eigenvalue weighted by Gasteiger charge is -2.19. The summed E-state index contributed by atoms with van der Waals surface area (Å²) >= 11 is 5.87. The predicted molar refractivity (Wildman–Crippen MR) is 70.9 cm³/mol. The summed E-state index contributed by atoms with van der Waals surface area (Å²) in [5, 5.41) is 6.71. The lowest BCUT2D eigenvalue weighted by atomic mass is 10.4. The van der Waals surface area contributed by atoms with Gasteiger partial charge in [-0.15, -0.1) is 0 Å². The lowest BCUT2D eigenvalue weighted by Crippen LogP contribution is -2.35. The summed E-state index contributed by atoms with van der Waals surface area (Å²) in [5.74, 6) is -0.0447. The van der Waals surface area contributed by atoms with Gasteiger partial charge in [0.2, 0.25) is 5.91 Å². The number of halogens is 1. The molecule has 0 saturated carbocycles. The molecule has 1 aromatic rings. The van der Waals surface area contributed by atoms with Gasteiger partial charge in [-0.3, -0.25) is 9.59 Å². The Kier molecular flexibility index (Phi) is 5.15. The molecule has 0 atom stereocenters. The minimum absolute atomic E-state index is 0.0415. The van der Waals surface area contributed by atoms with Crippen molar-refractivity contribution in [2.24, 2.45) is 7.05 Å². The summed E-state index contributed by atoms with van der Waals surface area (Å²) in [6, 6.07) is 0. The molecule has 18 heavy (non-hydrogen) atoms. The zero-order chi connectivity index (χ0) is 13.7. The van der Waals surface area contributed by atoms with Crippen LogP contribution in [-0.2, 0) is 11.8 Å². The Morgan fingerprint density at radius 1 is 1.50 bits per heavy atom. The first-order chi connectivity index (χ1) is 8.51. The Hall–Kier alpha value is -1.56. The van der Waals surface area contributed by atoms with Crippen LogP contribution < -0.4 is 10.9 Å². The van der Waals surface area contributed by atoms with E-state index >= 15 is 0 Å². The van der Waals surface area contributed by atoms with Gasteiger partial charge in [0.05, 0.1) is 18.4 Å². The molecule has 1 N–H and O–H groups in total. The fraction of sp³-hybridized carbons (Fsp3) is 0.545. The maximum absolute atomic E-state index is 11.8. The van der Waals surface area contributed by atoms with Gasteiger partial charge in [-0.25, -0.2) is 4.68 Å². The number of nitrogens with zero attached hydrogens (tertiary/aromatic N) is 3. The molecule has 100 valence electrons. The van der Waals surface area contributed by atoms with Gasteiger partial charge in [-0.2, -0.15) is 5.10 Å². The van der Waals surface area contributed by atoms with Crippen LogP contribution in [0.5, 0.6) is 0 Å². The average Bonchev–Trinajstić information content (AvgIpc) is 2.36. The monoisotopic (exact) mass is 272 g/mol. The topological polar surface area (TPSA) is 67.2 Å². The number of rotatable bonds is 5. The Balaban J connectivity index is 2.73. The van der Waals surface area contributed by atoms with Crippen molar-refractivity contribution in [3.8, 4) is 0 Å². The molecular weight excluding hydrogens is 256 g/mol. The number of nitrogens with one attached hydrogen (secondary N) is 1. The normalized spacial score (nSPS) is 10.2. The van der Waals surface area contributed by atoms with Crippen molar-refractivity contribution in [3.63, 3.8) is 0 Å². The highest BCUT2D eigenvalue weighted by Gasteiger charge is 2.11. The number of amides is 1. The maximum Gasteiger partial charge on any atom is 0.287 e. The Morgan fingerprint density at radius 2 is 2.11 bits per heavy atom. The van der Waals surface area contributed by atoms with E-state index in [1.54, 1.807) is 4.90 Å². The van der Waals surface area contributed by atoms with Gasteiger partial charge in [-0.1, -0.05) is 11.6 Å². The van der Waals surface area contributed by atoms with E-state index in [-0.39, 0.29) is 17.5 Å². The molecule has 0 fully saturated rings. The first-order valence-corrected chi connectivity index (χ1v) is 6.12. The lowest BCUT2D eigenvalue weighted by molar-refractivity contribution is -0.128. The molecule has 0 bridgehead atoms. The second kappa shape index (κ2) is 6.39. The quantitative estimate of drug-likeness (QED) is 0.857. The van der Waals surface area contributed by atoms with E-state index in [4.69, 9.17) is 11.6 Å².